The highest BCUT2D eigenvalue weighted by Gasteiger charge is 2.29. The first kappa shape index (κ1) is 19.7. The Hall–Kier alpha value is -2.65. The molecule has 1 aliphatic rings. The van der Waals surface area contributed by atoms with Crippen LogP contribution in [-0.4, -0.2) is 56.4 Å². The van der Waals surface area contributed by atoms with Gasteiger partial charge in [-0.3, -0.25) is 9.48 Å². The number of hydrogen-bond donors (Lipinski definition) is 1. The van der Waals surface area contributed by atoms with E-state index in [4.69, 9.17) is 0 Å². The maximum absolute atomic E-state index is 12.6. The Morgan fingerprint density at radius 2 is 2.00 bits per heavy atom. The molecule has 0 bridgehead atoms. The molecule has 7 nitrogen and oxygen atoms in total. The molecule has 0 radical (unpaired) electrons. The Labute approximate surface area is 149 Å². The minimum absolute atomic E-state index is 0.0384. The molecule has 10 heteroatoms. The summed E-state index contributed by atoms with van der Waals surface area (Å²) in [5.41, 5.74) is 0.525. The Morgan fingerprint density at radius 3 is 2.62 bits per heavy atom. The van der Waals surface area contributed by atoms with Crippen molar-refractivity contribution in [1.29, 1.82) is 0 Å². The first-order chi connectivity index (χ1) is 12.4. The fourth-order valence-electron chi connectivity index (χ4n) is 2.28. The number of rotatable bonds is 5. The van der Waals surface area contributed by atoms with Gasteiger partial charge >= 0.3 is 6.18 Å². The van der Waals surface area contributed by atoms with Crippen LogP contribution in [0, 0.1) is 0 Å². The van der Waals surface area contributed by atoms with Crippen molar-refractivity contribution >= 4 is 11.7 Å². The van der Waals surface area contributed by atoms with Crippen molar-refractivity contribution in [3.05, 3.63) is 24.7 Å². The standard InChI is InChI=1S/C14H15F3N6O.C2H6/c15-14(16,17)8-23-11(2-3-21-23)10-6-12(20-9-19-10)18-7-13(24)22-4-1-5-22;1-2/h2-3,6,9H,1,4-5,7-8H2,(H,18,19,20);1-2H3. The van der Waals surface area contributed by atoms with Crippen LogP contribution in [0.15, 0.2) is 24.7 Å². The Bertz CT molecular complexity index is 727. The lowest BCUT2D eigenvalue weighted by Crippen LogP contribution is -2.44. The van der Waals surface area contributed by atoms with Gasteiger partial charge in [0.25, 0.3) is 0 Å². The second-order valence-corrected chi connectivity index (χ2v) is 5.37. The molecule has 1 saturated heterocycles. The molecule has 1 fully saturated rings. The highest BCUT2D eigenvalue weighted by molar-refractivity contribution is 5.81. The summed E-state index contributed by atoms with van der Waals surface area (Å²) in [6, 6.07) is 2.94. The van der Waals surface area contributed by atoms with Crippen LogP contribution in [0.2, 0.25) is 0 Å². The average Bonchev–Trinajstić information content (AvgIpc) is 2.99. The third kappa shape index (κ3) is 5.17. The Morgan fingerprint density at radius 1 is 1.27 bits per heavy atom. The molecular formula is C16H21F3N6O. The number of alkyl halides is 3. The van der Waals surface area contributed by atoms with Gasteiger partial charge in [0.15, 0.2) is 0 Å². The highest BCUT2D eigenvalue weighted by atomic mass is 19.4. The largest absolute Gasteiger partial charge is 0.408 e. The Kier molecular flexibility index (Phi) is 6.53. The van der Waals surface area contributed by atoms with Gasteiger partial charge in [-0.05, 0) is 12.5 Å². The van der Waals surface area contributed by atoms with Gasteiger partial charge in [-0.2, -0.15) is 18.3 Å². The first-order valence-corrected chi connectivity index (χ1v) is 8.35. The molecule has 0 spiro atoms. The molecule has 0 aliphatic carbocycles. The van der Waals surface area contributed by atoms with Crippen molar-refractivity contribution in [2.75, 3.05) is 25.0 Å². The molecule has 0 unspecified atom stereocenters. The predicted octanol–water partition coefficient (Wildman–Crippen LogP) is 2.57. The number of hydrogen-bond acceptors (Lipinski definition) is 5. The van der Waals surface area contributed by atoms with Crippen LogP contribution in [0.3, 0.4) is 0 Å². The van der Waals surface area contributed by atoms with Crippen molar-refractivity contribution in [3.63, 3.8) is 0 Å². The first-order valence-electron chi connectivity index (χ1n) is 8.35. The maximum Gasteiger partial charge on any atom is 0.408 e. The molecule has 0 atom stereocenters. The van der Waals surface area contributed by atoms with Gasteiger partial charge < -0.3 is 10.2 Å². The summed E-state index contributed by atoms with van der Waals surface area (Å²) in [5.74, 6) is 0.331. The van der Waals surface area contributed by atoms with E-state index in [-0.39, 0.29) is 18.1 Å². The molecule has 1 N–H and O–H groups in total. The summed E-state index contributed by atoms with van der Waals surface area (Å²) in [7, 11) is 0. The van der Waals surface area contributed by atoms with Gasteiger partial charge in [0.2, 0.25) is 5.91 Å². The number of carbonyl (C=O) groups is 1. The van der Waals surface area contributed by atoms with E-state index in [0.29, 0.717) is 11.5 Å². The van der Waals surface area contributed by atoms with Crippen LogP contribution in [0.5, 0.6) is 0 Å². The monoisotopic (exact) mass is 370 g/mol. The lowest BCUT2D eigenvalue weighted by Gasteiger charge is -2.30. The zero-order valence-corrected chi connectivity index (χ0v) is 14.6. The average molecular weight is 370 g/mol. The smallest absolute Gasteiger partial charge is 0.361 e. The molecular weight excluding hydrogens is 349 g/mol. The van der Waals surface area contributed by atoms with Gasteiger partial charge in [0, 0.05) is 25.4 Å². The molecule has 3 rings (SSSR count). The molecule has 1 aliphatic heterocycles. The zero-order valence-electron chi connectivity index (χ0n) is 14.6. The van der Waals surface area contributed by atoms with Crippen molar-refractivity contribution in [2.24, 2.45) is 0 Å². The van der Waals surface area contributed by atoms with Crippen molar-refractivity contribution < 1.29 is 18.0 Å². The van der Waals surface area contributed by atoms with E-state index in [9.17, 15) is 18.0 Å². The highest BCUT2D eigenvalue weighted by Crippen LogP contribution is 2.23. The van der Waals surface area contributed by atoms with Crippen LogP contribution in [-0.2, 0) is 11.3 Å². The van der Waals surface area contributed by atoms with Gasteiger partial charge in [-0.15, -0.1) is 0 Å². The predicted molar refractivity (Wildman–Crippen MR) is 90.3 cm³/mol. The fourth-order valence-corrected chi connectivity index (χ4v) is 2.28. The Balaban J connectivity index is 0.00000117. The van der Waals surface area contributed by atoms with E-state index in [1.54, 1.807) is 4.90 Å². The number of carbonyl (C=O) groups excluding carboxylic acids is 1. The molecule has 26 heavy (non-hydrogen) atoms. The number of anilines is 1. The molecule has 0 aromatic carbocycles. The molecule has 2 aromatic rings. The normalized spacial score (nSPS) is 13.5. The molecule has 0 saturated carbocycles. The van der Waals surface area contributed by atoms with Crippen molar-refractivity contribution in [1.82, 2.24) is 24.6 Å². The quantitative estimate of drug-likeness (QED) is 0.876. The van der Waals surface area contributed by atoms with Crippen molar-refractivity contribution in [3.8, 4) is 11.4 Å². The second-order valence-electron chi connectivity index (χ2n) is 5.37. The van der Waals surface area contributed by atoms with Crippen LogP contribution in [0.25, 0.3) is 11.4 Å². The molecule has 1 amide bonds. The number of amides is 1. The summed E-state index contributed by atoms with van der Waals surface area (Å²) in [5, 5.41) is 6.55. The van der Waals surface area contributed by atoms with E-state index >= 15 is 0 Å². The summed E-state index contributed by atoms with van der Waals surface area (Å²) in [4.78, 5) is 21.5. The van der Waals surface area contributed by atoms with Crippen LogP contribution in [0.1, 0.15) is 20.3 Å². The van der Waals surface area contributed by atoms with E-state index in [1.165, 1.54) is 24.7 Å². The fraction of sp³-hybridized carbons (Fsp3) is 0.500. The minimum atomic E-state index is -4.38. The number of nitrogens with zero attached hydrogens (tertiary/aromatic N) is 5. The summed E-state index contributed by atoms with van der Waals surface area (Å²) < 4.78 is 38.5. The lowest BCUT2D eigenvalue weighted by molar-refractivity contribution is -0.142. The SMILES string of the molecule is CC.O=C(CNc1cc(-c2ccnn2CC(F)(F)F)ncn1)N1CCC1. The van der Waals surface area contributed by atoms with E-state index in [2.05, 4.69) is 20.4 Å². The van der Waals surface area contributed by atoms with E-state index in [0.717, 1.165) is 24.2 Å². The van der Waals surface area contributed by atoms with Gasteiger partial charge in [0.05, 0.1) is 17.9 Å². The zero-order chi connectivity index (χ0) is 19.2. The third-order valence-electron chi connectivity index (χ3n) is 3.60. The molecule has 2 aromatic heterocycles. The summed E-state index contributed by atoms with van der Waals surface area (Å²) >= 11 is 0. The van der Waals surface area contributed by atoms with Crippen LogP contribution in [0.4, 0.5) is 19.0 Å². The number of nitrogens with one attached hydrogen (secondary N) is 1. The van der Waals surface area contributed by atoms with Gasteiger partial charge in [-0.1, -0.05) is 13.8 Å². The molecule has 142 valence electrons. The van der Waals surface area contributed by atoms with E-state index in [1.807, 2.05) is 13.8 Å². The number of halogens is 3. The topological polar surface area (TPSA) is 75.9 Å². The van der Waals surface area contributed by atoms with Gasteiger partial charge in [-0.25, -0.2) is 9.97 Å². The second kappa shape index (κ2) is 8.63. The number of likely N-dealkylation sites (tertiary alicyclic amines) is 1. The third-order valence-corrected chi connectivity index (χ3v) is 3.60. The van der Waals surface area contributed by atoms with E-state index < -0.39 is 12.7 Å². The van der Waals surface area contributed by atoms with Crippen LogP contribution >= 0.6 is 0 Å². The van der Waals surface area contributed by atoms with Gasteiger partial charge in [0.1, 0.15) is 18.7 Å². The summed E-state index contributed by atoms with van der Waals surface area (Å²) in [6.07, 6.45) is -0.856. The van der Waals surface area contributed by atoms with Crippen LogP contribution < -0.4 is 5.32 Å². The lowest BCUT2D eigenvalue weighted by atomic mass is 10.2. The molecule has 3 heterocycles. The minimum Gasteiger partial charge on any atom is -0.361 e. The van der Waals surface area contributed by atoms with Crippen molar-refractivity contribution in [2.45, 2.75) is 33.0 Å². The number of aromatic nitrogens is 4. The summed E-state index contributed by atoms with van der Waals surface area (Å²) in [6.45, 7) is 4.39. The maximum atomic E-state index is 12.6.